The quantitative estimate of drug-likeness (QED) is 0.355. The van der Waals surface area contributed by atoms with Gasteiger partial charge >= 0.3 is 11.7 Å². The Balaban J connectivity index is 2.28. The van der Waals surface area contributed by atoms with Crippen molar-refractivity contribution in [1.82, 2.24) is 19.1 Å². The zero-order chi connectivity index (χ0) is 21.3. The molecule has 8 nitrogen and oxygen atoms in total. The highest BCUT2D eigenvalue weighted by Gasteiger charge is 2.23. The molecule has 0 saturated heterocycles. The monoisotopic (exact) mass is 418 g/mol. The third kappa shape index (κ3) is 3.93. The van der Waals surface area contributed by atoms with Gasteiger partial charge in [-0.1, -0.05) is 11.8 Å². The number of benzene rings is 1. The number of carbonyl (C=O) groups excluding carboxylic acids is 1. The SMILES string of the molecule is CCOC(=O)C(C)Sc1nc(-c2ccc(F)cc2)nc2c1c(=O)n(C)c(=O)n2C. The molecule has 0 aliphatic carbocycles. The van der Waals surface area contributed by atoms with Gasteiger partial charge < -0.3 is 4.74 Å². The average molecular weight is 418 g/mol. The van der Waals surface area contributed by atoms with E-state index in [0.717, 1.165) is 16.3 Å². The molecular formula is C19H19FN4O4S. The number of aryl methyl sites for hydroxylation is 1. The van der Waals surface area contributed by atoms with Crippen molar-refractivity contribution in [3.63, 3.8) is 0 Å². The van der Waals surface area contributed by atoms with Crippen molar-refractivity contribution in [3.8, 4) is 11.4 Å². The first-order valence-electron chi connectivity index (χ1n) is 8.81. The van der Waals surface area contributed by atoms with Gasteiger partial charge in [0.15, 0.2) is 11.5 Å². The summed E-state index contributed by atoms with van der Waals surface area (Å²) >= 11 is 1.04. The van der Waals surface area contributed by atoms with Crippen LogP contribution in [0, 0.1) is 5.82 Å². The maximum atomic E-state index is 13.3. The Morgan fingerprint density at radius 2 is 1.83 bits per heavy atom. The Labute approximate surface area is 169 Å². The van der Waals surface area contributed by atoms with E-state index in [1.54, 1.807) is 13.8 Å². The Kier molecular flexibility index (Phi) is 5.83. The summed E-state index contributed by atoms with van der Waals surface area (Å²) < 4.78 is 20.5. The van der Waals surface area contributed by atoms with Crippen molar-refractivity contribution in [2.24, 2.45) is 14.1 Å². The number of ether oxygens (including phenoxy) is 1. The Morgan fingerprint density at radius 1 is 1.17 bits per heavy atom. The first kappa shape index (κ1) is 20.7. The molecule has 1 aromatic carbocycles. The molecule has 0 saturated carbocycles. The highest BCUT2D eigenvalue weighted by molar-refractivity contribution is 8.00. The lowest BCUT2D eigenvalue weighted by atomic mass is 10.2. The largest absolute Gasteiger partial charge is 0.465 e. The normalized spacial score (nSPS) is 12.2. The van der Waals surface area contributed by atoms with E-state index in [-0.39, 0.29) is 28.5 Å². The van der Waals surface area contributed by atoms with Crippen molar-refractivity contribution in [2.45, 2.75) is 24.1 Å². The van der Waals surface area contributed by atoms with E-state index in [1.165, 1.54) is 42.9 Å². The number of hydrogen-bond donors (Lipinski definition) is 0. The first-order valence-corrected chi connectivity index (χ1v) is 9.69. The summed E-state index contributed by atoms with van der Waals surface area (Å²) in [6, 6.07) is 5.53. The molecular weight excluding hydrogens is 399 g/mol. The van der Waals surface area contributed by atoms with Crippen LogP contribution in [0.2, 0.25) is 0 Å². The van der Waals surface area contributed by atoms with Gasteiger partial charge in [0.1, 0.15) is 21.5 Å². The third-order valence-electron chi connectivity index (χ3n) is 4.28. The second-order valence-corrected chi connectivity index (χ2v) is 7.61. The Bertz CT molecular complexity index is 1200. The highest BCUT2D eigenvalue weighted by atomic mass is 32.2. The summed E-state index contributed by atoms with van der Waals surface area (Å²) in [6.07, 6.45) is 0. The van der Waals surface area contributed by atoms with E-state index < -0.39 is 28.3 Å². The van der Waals surface area contributed by atoms with Crippen molar-refractivity contribution < 1.29 is 13.9 Å². The number of carbonyl (C=O) groups is 1. The topological polar surface area (TPSA) is 96.1 Å². The van der Waals surface area contributed by atoms with Crippen LogP contribution in [0.25, 0.3) is 22.4 Å². The summed E-state index contributed by atoms with van der Waals surface area (Å²) in [5, 5.41) is -0.274. The van der Waals surface area contributed by atoms with Gasteiger partial charge in [0.25, 0.3) is 5.56 Å². The molecule has 3 aromatic rings. The number of fused-ring (bicyclic) bond motifs is 1. The molecule has 0 radical (unpaired) electrons. The number of halogens is 1. The van der Waals surface area contributed by atoms with Crippen LogP contribution < -0.4 is 11.2 Å². The number of rotatable bonds is 5. The molecule has 10 heteroatoms. The van der Waals surface area contributed by atoms with E-state index in [0.29, 0.717) is 5.56 Å². The molecule has 3 rings (SSSR count). The summed E-state index contributed by atoms with van der Waals surface area (Å²) in [5.41, 5.74) is -0.467. The van der Waals surface area contributed by atoms with Crippen LogP contribution in [0.5, 0.6) is 0 Å². The fourth-order valence-electron chi connectivity index (χ4n) is 2.72. The standard InChI is InChI=1S/C19H19FN4O4S/c1-5-28-18(26)10(2)29-16-13-15(23(3)19(27)24(4)17(13)25)21-14(22-16)11-6-8-12(20)9-7-11/h6-10H,5H2,1-4H3. The minimum Gasteiger partial charge on any atom is -0.465 e. The van der Waals surface area contributed by atoms with Gasteiger partial charge in [-0.05, 0) is 38.1 Å². The minimum absolute atomic E-state index is 0.126. The molecule has 0 amide bonds. The molecule has 152 valence electrons. The van der Waals surface area contributed by atoms with Crippen LogP contribution in [-0.4, -0.2) is 36.9 Å². The van der Waals surface area contributed by atoms with Gasteiger partial charge in [-0.2, -0.15) is 0 Å². The molecule has 0 N–H and O–H groups in total. The molecule has 2 aromatic heterocycles. The van der Waals surface area contributed by atoms with Crippen molar-refractivity contribution in [3.05, 3.63) is 50.9 Å². The minimum atomic E-state index is -0.643. The molecule has 29 heavy (non-hydrogen) atoms. The number of esters is 1. The lowest BCUT2D eigenvalue weighted by Crippen LogP contribution is -2.37. The van der Waals surface area contributed by atoms with Crippen LogP contribution in [0.3, 0.4) is 0 Å². The maximum absolute atomic E-state index is 13.3. The van der Waals surface area contributed by atoms with Gasteiger partial charge in [0.2, 0.25) is 0 Å². The molecule has 0 fully saturated rings. The number of hydrogen-bond acceptors (Lipinski definition) is 7. The number of nitrogens with zero attached hydrogens (tertiary/aromatic N) is 4. The molecule has 0 bridgehead atoms. The van der Waals surface area contributed by atoms with E-state index >= 15 is 0 Å². The zero-order valence-corrected chi connectivity index (χ0v) is 17.1. The van der Waals surface area contributed by atoms with Gasteiger partial charge in [0, 0.05) is 19.7 Å². The van der Waals surface area contributed by atoms with Gasteiger partial charge in [-0.25, -0.2) is 19.2 Å². The van der Waals surface area contributed by atoms with Gasteiger partial charge in [0.05, 0.1) is 6.61 Å². The Morgan fingerprint density at radius 3 is 2.45 bits per heavy atom. The predicted molar refractivity (Wildman–Crippen MR) is 107 cm³/mol. The second-order valence-electron chi connectivity index (χ2n) is 6.28. The van der Waals surface area contributed by atoms with Gasteiger partial charge in [-0.15, -0.1) is 0 Å². The van der Waals surface area contributed by atoms with Crippen LogP contribution in [0.1, 0.15) is 13.8 Å². The number of aromatic nitrogens is 4. The van der Waals surface area contributed by atoms with E-state index in [9.17, 15) is 18.8 Å². The van der Waals surface area contributed by atoms with Crippen molar-refractivity contribution >= 4 is 28.8 Å². The highest BCUT2D eigenvalue weighted by Crippen LogP contribution is 2.29. The van der Waals surface area contributed by atoms with Crippen molar-refractivity contribution in [1.29, 1.82) is 0 Å². The van der Waals surface area contributed by atoms with E-state index in [2.05, 4.69) is 9.97 Å². The predicted octanol–water partition coefficient (Wildman–Crippen LogP) is 1.88. The molecule has 0 aliphatic rings. The molecule has 1 atom stereocenters. The Hall–Kier alpha value is -3.01. The summed E-state index contributed by atoms with van der Waals surface area (Å²) in [5.74, 6) is -0.658. The molecule has 0 spiro atoms. The van der Waals surface area contributed by atoms with Crippen LogP contribution in [-0.2, 0) is 23.6 Å². The van der Waals surface area contributed by atoms with E-state index in [1.807, 2.05) is 0 Å². The van der Waals surface area contributed by atoms with Gasteiger partial charge in [-0.3, -0.25) is 18.7 Å². The summed E-state index contributed by atoms with van der Waals surface area (Å²) in [7, 11) is 2.86. The average Bonchev–Trinajstić information content (AvgIpc) is 2.70. The lowest BCUT2D eigenvalue weighted by Gasteiger charge is -2.14. The second kappa shape index (κ2) is 8.16. The summed E-state index contributed by atoms with van der Waals surface area (Å²) in [4.78, 5) is 46.0. The smallest absolute Gasteiger partial charge is 0.332 e. The lowest BCUT2D eigenvalue weighted by molar-refractivity contribution is -0.142. The fourth-order valence-corrected chi connectivity index (χ4v) is 3.65. The van der Waals surface area contributed by atoms with Crippen LogP contribution >= 0.6 is 11.8 Å². The molecule has 0 aliphatic heterocycles. The van der Waals surface area contributed by atoms with Crippen LogP contribution in [0.15, 0.2) is 38.9 Å². The zero-order valence-electron chi connectivity index (χ0n) is 16.3. The van der Waals surface area contributed by atoms with Crippen LogP contribution in [0.4, 0.5) is 4.39 Å². The molecule has 2 heterocycles. The third-order valence-corrected chi connectivity index (χ3v) is 5.34. The molecule has 1 unspecified atom stereocenters. The first-order chi connectivity index (χ1) is 13.7. The maximum Gasteiger partial charge on any atom is 0.332 e. The fraction of sp³-hybridized carbons (Fsp3) is 0.316. The summed E-state index contributed by atoms with van der Waals surface area (Å²) in [6.45, 7) is 3.57. The number of thioether (sulfide) groups is 1. The van der Waals surface area contributed by atoms with Crippen molar-refractivity contribution in [2.75, 3.05) is 6.61 Å². The van der Waals surface area contributed by atoms with E-state index in [4.69, 9.17) is 4.74 Å².